The lowest BCUT2D eigenvalue weighted by Crippen LogP contribution is -2.48. The third-order valence-electron chi connectivity index (χ3n) is 6.75. The van der Waals surface area contributed by atoms with Crippen LogP contribution in [0.15, 0.2) is 72.8 Å². The molecule has 5 rings (SSSR count). The lowest BCUT2D eigenvalue weighted by atomic mass is 9.79. The van der Waals surface area contributed by atoms with Gasteiger partial charge in [-0.1, -0.05) is 60.7 Å². The quantitative estimate of drug-likeness (QED) is 0.469. The van der Waals surface area contributed by atoms with Gasteiger partial charge in [0.2, 0.25) is 5.91 Å². The highest BCUT2D eigenvalue weighted by molar-refractivity contribution is 5.93. The van der Waals surface area contributed by atoms with Gasteiger partial charge in [-0.3, -0.25) is 9.59 Å². The second-order valence-electron chi connectivity index (χ2n) is 9.09. The Labute approximate surface area is 203 Å². The van der Waals surface area contributed by atoms with Crippen LogP contribution >= 0.6 is 0 Å². The number of carbonyl (C=O) groups excluding carboxylic acids is 2. The third-order valence-corrected chi connectivity index (χ3v) is 6.75. The van der Waals surface area contributed by atoms with Crippen LogP contribution in [0.25, 0.3) is 11.1 Å². The van der Waals surface area contributed by atoms with Gasteiger partial charge in [0.05, 0.1) is 6.42 Å². The molecule has 0 bridgehead atoms. The number of aliphatic carboxylic acids is 1. The fourth-order valence-corrected chi connectivity index (χ4v) is 4.88. The summed E-state index contributed by atoms with van der Waals surface area (Å²) < 4.78 is 5.58. The molecular formula is C28H26N2O5. The van der Waals surface area contributed by atoms with Gasteiger partial charge in [-0.05, 0) is 52.8 Å². The fraction of sp³-hybridized carbons (Fsp3) is 0.250. The first-order valence-electron chi connectivity index (χ1n) is 11.7. The number of carboxylic acid groups (broad SMARTS) is 1. The number of carbonyl (C=O) groups is 3. The smallest absolute Gasteiger partial charge is 0.407 e. The number of anilines is 1. The number of benzene rings is 3. The molecule has 0 spiro atoms. The molecule has 3 aromatic carbocycles. The van der Waals surface area contributed by atoms with E-state index in [4.69, 9.17) is 9.84 Å². The molecular weight excluding hydrogens is 444 g/mol. The van der Waals surface area contributed by atoms with Crippen LogP contribution in [0.3, 0.4) is 0 Å². The molecule has 0 aliphatic heterocycles. The molecule has 1 fully saturated rings. The zero-order valence-corrected chi connectivity index (χ0v) is 19.1. The Morgan fingerprint density at radius 1 is 0.857 bits per heavy atom. The lowest BCUT2D eigenvalue weighted by Gasteiger charge is -2.34. The fourth-order valence-electron chi connectivity index (χ4n) is 4.88. The van der Waals surface area contributed by atoms with Crippen LogP contribution < -0.4 is 10.6 Å². The second-order valence-corrected chi connectivity index (χ2v) is 9.09. The molecule has 1 saturated carbocycles. The van der Waals surface area contributed by atoms with Crippen LogP contribution in [0.5, 0.6) is 0 Å². The monoisotopic (exact) mass is 470 g/mol. The molecule has 7 heteroatoms. The van der Waals surface area contributed by atoms with Crippen LogP contribution in [0.4, 0.5) is 10.5 Å². The Balaban J connectivity index is 1.08. The number of nitrogens with one attached hydrogen (secondary N) is 2. The zero-order valence-electron chi connectivity index (χ0n) is 19.1. The van der Waals surface area contributed by atoms with Gasteiger partial charge in [0.1, 0.15) is 6.61 Å². The van der Waals surface area contributed by atoms with Crippen LogP contribution in [0.2, 0.25) is 0 Å². The van der Waals surface area contributed by atoms with Crippen LogP contribution in [0.1, 0.15) is 35.4 Å². The van der Waals surface area contributed by atoms with E-state index < -0.39 is 12.1 Å². The first-order chi connectivity index (χ1) is 17.0. The maximum Gasteiger partial charge on any atom is 0.407 e. The zero-order chi connectivity index (χ0) is 24.4. The van der Waals surface area contributed by atoms with E-state index in [2.05, 4.69) is 34.9 Å². The van der Waals surface area contributed by atoms with Crippen molar-refractivity contribution in [3.63, 3.8) is 0 Å². The van der Waals surface area contributed by atoms with Gasteiger partial charge in [0.15, 0.2) is 0 Å². The van der Waals surface area contributed by atoms with Crippen molar-refractivity contribution in [2.75, 3.05) is 11.9 Å². The summed E-state index contributed by atoms with van der Waals surface area (Å²) in [6.45, 7) is 0.258. The van der Waals surface area contributed by atoms with E-state index in [-0.39, 0.29) is 36.8 Å². The van der Waals surface area contributed by atoms with Gasteiger partial charge in [-0.2, -0.15) is 0 Å². The van der Waals surface area contributed by atoms with Gasteiger partial charge < -0.3 is 20.5 Å². The van der Waals surface area contributed by atoms with Crippen molar-refractivity contribution >= 4 is 23.7 Å². The molecule has 0 aromatic heterocycles. The summed E-state index contributed by atoms with van der Waals surface area (Å²) in [6, 6.07) is 23.1. The maximum atomic E-state index is 12.5. The first-order valence-corrected chi connectivity index (χ1v) is 11.7. The molecule has 3 aromatic rings. The normalized spacial score (nSPS) is 18.1. The van der Waals surface area contributed by atoms with E-state index in [1.54, 1.807) is 24.3 Å². The third kappa shape index (κ3) is 4.89. The number of alkyl carbamates (subject to hydrolysis) is 1. The van der Waals surface area contributed by atoms with Crippen molar-refractivity contribution in [1.82, 2.24) is 5.32 Å². The van der Waals surface area contributed by atoms with Gasteiger partial charge in [-0.15, -0.1) is 0 Å². The minimum Gasteiger partial charge on any atom is -0.481 e. The average Bonchev–Trinajstić information content (AvgIpc) is 3.14. The standard InChI is InChI=1S/C28H26N2O5/c31-26(32)13-17-9-11-19(12-10-17)29-27(33)18-14-20(15-18)30-28(34)35-16-25-23-7-3-1-5-21(23)22-6-2-4-8-24(22)25/h1-12,18,20,25H,13-16H2,(H,29,33)(H,30,34)(H,31,32). The molecule has 35 heavy (non-hydrogen) atoms. The second kappa shape index (κ2) is 9.62. The minimum atomic E-state index is -0.897. The summed E-state index contributed by atoms with van der Waals surface area (Å²) in [5, 5.41) is 14.6. The summed E-state index contributed by atoms with van der Waals surface area (Å²) in [5.74, 6) is -1.18. The highest BCUT2D eigenvalue weighted by Crippen LogP contribution is 2.44. The highest BCUT2D eigenvalue weighted by atomic mass is 16.5. The highest BCUT2D eigenvalue weighted by Gasteiger charge is 2.36. The SMILES string of the molecule is O=C(O)Cc1ccc(NC(=O)C2CC(NC(=O)OCC3c4ccccc4-c4ccccc43)C2)cc1. The summed E-state index contributed by atoms with van der Waals surface area (Å²) in [4.78, 5) is 35.7. The van der Waals surface area contributed by atoms with Gasteiger partial charge in [0.25, 0.3) is 0 Å². The topological polar surface area (TPSA) is 105 Å². The van der Waals surface area contributed by atoms with Crippen molar-refractivity contribution in [3.05, 3.63) is 89.5 Å². The molecule has 3 N–H and O–H groups in total. The van der Waals surface area contributed by atoms with Crippen molar-refractivity contribution in [2.45, 2.75) is 31.2 Å². The summed E-state index contributed by atoms with van der Waals surface area (Å²) in [7, 11) is 0. The van der Waals surface area contributed by atoms with Crippen molar-refractivity contribution in [2.24, 2.45) is 5.92 Å². The number of fused-ring (bicyclic) bond motifs is 3. The largest absolute Gasteiger partial charge is 0.481 e. The number of amides is 2. The lowest BCUT2D eigenvalue weighted by molar-refractivity contribution is -0.136. The number of hydrogen-bond acceptors (Lipinski definition) is 4. The number of ether oxygens (including phenoxy) is 1. The Morgan fingerprint density at radius 3 is 2.06 bits per heavy atom. The van der Waals surface area contributed by atoms with Crippen molar-refractivity contribution in [1.29, 1.82) is 0 Å². The minimum absolute atomic E-state index is 0.00922. The molecule has 0 saturated heterocycles. The molecule has 7 nitrogen and oxygen atoms in total. The van der Waals surface area contributed by atoms with Crippen LogP contribution in [-0.2, 0) is 20.7 Å². The van der Waals surface area contributed by atoms with Crippen LogP contribution in [0, 0.1) is 5.92 Å². The van der Waals surface area contributed by atoms with Gasteiger partial charge >= 0.3 is 12.1 Å². The van der Waals surface area contributed by atoms with E-state index in [1.165, 1.54) is 11.1 Å². The molecule has 2 amide bonds. The predicted molar refractivity (Wildman–Crippen MR) is 131 cm³/mol. The molecule has 0 atom stereocenters. The van der Waals surface area contributed by atoms with Crippen molar-refractivity contribution in [3.8, 4) is 11.1 Å². The Hall–Kier alpha value is -4.13. The summed E-state index contributed by atoms with van der Waals surface area (Å²) in [6.07, 6.45) is 0.574. The van der Waals surface area contributed by atoms with E-state index in [1.807, 2.05) is 24.3 Å². The molecule has 0 radical (unpaired) electrons. The maximum absolute atomic E-state index is 12.5. The van der Waals surface area contributed by atoms with Crippen molar-refractivity contribution < 1.29 is 24.2 Å². The summed E-state index contributed by atoms with van der Waals surface area (Å²) >= 11 is 0. The van der Waals surface area contributed by atoms with E-state index in [9.17, 15) is 14.4 Å². The number of hydrogen-bond donors (Lipinski definition) is 3. The average molecular weight is 471 g/mol. The van der Waals surface area contributed by atoms with Gasteiger partial charge in [-0.25, -0.2) is 4.79 Å². The summed E-state index contributed by atoms with van der Waals surface area (Å²) in [5.41, 5.74) is 5.99. The van der Waals surface area contributed by atoms with E-state index >= 15 is 0 Å². The molecule has 0 unspecified atom stereocenters. The van der Waals surface area contributed by atoms with E-state index in [0.29, 0.717) is 24.1 Å². The molecule has 2 aliphatic carbocycles. The number of carboxylic acids is 1. The Morgan fingerprint density at radius 2 is 1.46 bits per heavy atom. The Kier molecular flexibility index (Phi) is 6.23. The predicted octanol–water partition coefficient (Wildman–Crippen LogP) is 4.57. The first kappa shape index (κ1) is 22.7. The van der Waals surface area contributed by atoms with E-state index in [0.717, 1.165) is 11.1 Å². The van der Waals surface area contributed by atoms with Gasteiger partial charge in [0, 0.05) is 23.6 Å². The van der Waals surface area contributed by atoms with Crippen LogP contribution in [-0.4, -0.2) is 35.7 Å². The molecule has 178 valence electrons. The molecule has 0 heterocycles. The molecule has 2 aliphatic rings. The number of rotatable bonds is 7. The Bertz CT molecular complexity index is 1220.